The summed E-state index contributed by atoms with van der Waals surface area (Å²) in [4.78, 5) is 12.8. The van der Waals surface area contributed by atoms with Crippen LogP contribution in [0.3, 0.4) is 0 Å². The minimum atomic E-state index is -0.239. The Labute approximate surface area is 152 Å². The smallest absolute Gasteiger partial charge is 0.312 e. The van der Waals surface area contributed by atoms with Crippen molar-refractivity contribution in [2.24, 2.45) is 17.3 Å². The molecule has 0 N–H and O–H groups in total. The van der Waals surface area contributed by atoms with Gasteiger partial charge in [0.2, 0.25) is 0 Å². The molecule has 4 aliphatic carbocycles. The van der Waals surface area contributed by atoms with Crippen molar-refractivity contribution in [1.82, 2.24) is 0 Å². The highest BCUT2D eigenvalue weighted by molar-refractivity contribution is 9.10. The van der Waals surface area contributed by atoms with Gasteiger partial charge in [-0.3, -0.25) is 4.79 Å². The molecule has 5 rings (SSSR count). The number of carbonyl (C=O) groups is 1. The number of esters is 1. The van der Waals surface area contributed by atoms with Crippen LogP contribution in [0.2, 0.25) is 0 Å². The van der Waals surface area contributed by atoms with Crippen LogP contribution in [0.5, 0.6) is 5.75 Å². The Morgan fingerprint density at radius 3 is 2.62 bits per heavy atom. The minimum Gasteiger partial charge on any atom is -0.490 e. The highest BCUT2D eigenvalue weighted by Gasteiger charge is 2.60. The van der Waals surface area contributed by atoms with E-state index in [1.807, 2.05) is 31.2 Å². The summed E-state index contributed by atoms with van der Waals surface area (Å²) >= 11 is 3.95. The van der Waals surface area contributed by atoms with Gasteiger partial charge in [-0.2, -0.15) is 0 Å². The molecule has 24 heavy (non-hydrogen) atoms. The van der Waals surface area contributed by atoms with E-state index in [-0.39, 0.29) is 15.7 Å². The Bertz CT molecular complexity index is 628. The number of alkyl halides is 1. The van der Waals surface area contributed by atoms with Crippen molar-refractivity contribution in [2.75, 3.05) is 13.2 Å². The number of ether oxygens (including phenoxy) is 2. The van der Waals surface area contributed by atoms with Crippen molar-refractivity contribution < 1.29 is 14.3 Å². The Morgan fingerprint density at radius 1 is 1.21 bits per heavy atom. The van der Waals surface area contributed by atoms with Crippen molar-refractivity contribution in [2.45, 2.75) is 49.8 Å². The molecular weight excluding hydrogens is 368 g/mol. The lowest BCUT2D eigenvalue weighted by Gasteiger charge is -2.58. The topological polar surface area (TPSA) is 35.5 Å². The number of aryl methyl sites for hydroxylation is 1. The van der Waals surface area contributed by atoms with E-state index in [4.69, 9.17) is 9.47 Å². The van der Waals surface area contributed by atoms with E-state index in [2.05, 4.69) is 15.9 Å². The second-order valence-corrected chi connectivity index (χ2v) is 9.88. The van der Waals surface area contributed by atoms with Gasteiger partial charge >= 0.3 is 5.97 Å². The second kappa shape index (κ2) is 6.05. The molecule has 0 amide bonds. The van der Waals surface area contributed by atoms with Crippen molar-refractivity contribution >= 4 is 21.9 Å². The lowest BCUT2D eigenvalue weighted by Crippen LogP contribution is -2.56. The molecule has 4 atom stereocenters. The van der Waals surface area contributed by atoms with Gasteiger partial charge in [0.25, 0.3) is 0 Å². The van der Waals surface area contributed by atoms with Gasteiger partial charge in [-0.15, -0.1) is 0 Å². The molecule has 0 aromatic heterocycles. The number of hydrogen-bond acceptors (Lipinski definition) is 3. The number of carbonyl (C=O) groups excluding carboxylic acids is 1. The molecule has 4 aliphatic rings. The van der Waals surface area contributed by atoms with E-state index in [1.54, 1.807) is 0 Å². The maximum absolute atomic E-state index is 12.8. The van der Waals surface area contributed by atoms with Crippen LogP contribution in [-0.4, -0.2) is 23.5 Å². The standard InChI is InChI=1S/C20H25BrO3/c1-14-3-2-4-17(7-14)23-5-6-24-18(22)19-9-15-8-16(10-19)12-20(21,11-15)13-19/h2-4,7,15-16H,5-6,8-13H2,1H3/t15-,16+,19?,20?. The van der Waals surface area contributed by atoms with Crippen molar-refractivity contribution in [1.29, 1.82) is 0 Å². The first-order valence-corrected chi connectivity index (χ1v) is 9.81. The molecule has 0 spiro atoms. The van der Waals surface area contributed by atoms with Crippen molar-refractivity contribution in [3.8, 4) is 5.75 Å². The van der Waals surface area contributed by atoms with Gasteiger partial charge in [-0.05, 0) is 75.0 Å². The molecule has 4 heteroatoms. The highest BCUT2D eigenvalue weighted by Crippen LogP contribution is 2.64. The summed E-state index contributed by atoms with van der Waals surface area (Å²) in [6.07, 6.45) is 6.76. The van der Waals surface area contributed by atoms with E-state index in [9.17, 15) is 4.79 Å². The van der Waals surface area contributed by atoms with Crippen LogP contribution in [0.4, 0.5) is 0 Å². The van der Waals surface area contributed by atoms with E-state index >= 15 is 0 Å². The third kappa shape index (κ3) is 3.10. The van der Waals surface area contributed by atoms with Gasteiger partial charge < -0.3 is 9.47 Å². The third-order valence-corrected chi connectivity index (χ3v) is 6.93. The molecule has 1 aromatic carbocycles. The van der Waals surface area contributed by atoms with Gasteiger partial charge in [-0.25, -0.2) is 0 Å². The second-order valence-electron chi connectivity index (χ2n) is 8.19. The van der Waals surface area contributed by atoms with E-state index < -0.39 is 0 Å². The summed E-state index contributed by atoms with van der Waals surface area (Å²) in [5.74, 6) is 2.23. The Kier molecular flexibility index (Phi) is 4.14. The van der Waals surface area contributed by atoms with E-state index in [1.165, 1.54) is 24.8 Å². The zero-order valence-corrected chi connectivity index (χ0v) is 15.8. The SMILES string of the molecule is Cc1cccc(OCCOC(=O)C23C[C@@H]4C[C@@H](CC(Br)(C4)C2)C3)c1. The molecular formula is C20H25BrO3. The lowest BCUT2D eigenvalue weighted by atomic mass is 9.49. The normalized spacial score (nSPS) is 36.6. The fraction of sp³-hybridized carbons (Fsp3) is 0.650. The fourth-order valence-corrected chi connectivity index (χ4v) is 6.99. The number of hydrogen-bond donors (Lipinski definition) is 0. The zero-order valence-electron chi connectivity index (χ0n) is 14.2. The fourth-order valence-electron chi connectivity index (χ4n) is 5.54. The molecule has 3 nitrogen and oxygen atoms in total. The van der Waals surface area contributed by atoms with Crippen LogP contribution in [0.1, 0.15) is 44.1 Å². The zero-order chi connectivity index (χ0) is 16.8. The first kappa shape index (κ1) is 16.4. The number of halogens is 1. The molecule has 4 bridgehead atoms. The maximum Gasteiger partial charge on any atom is 0.312 e. The predicted molar refractivity (Wildman–Crippen MR) is 96.4 cm³/mol. The molecule has 0 radical (unpaired) electrons. The average molecular weight is 393 g/mol. The monoisotopic (exact) mass is 392 g/mol. The Hall–Kier alpha value is -1.03. The molecule has 0 aliphatic heterocycles. The molecule has 0 saturated heterocycles. The molecule has 0 heterocycles. The molecule has 2 unspecified atom stereocenters. The Morgan fingerprint density at radius 2 is 1.96 bits per heavy atom. The highest BCUT2D eigenvalue weighted by atomic mass is 79.9. The van der Waals surface area contributed by atoms with Crippen LogP contribution < -0.4 is 4.74 Å². The van der Waals surface area contributed by atoms with E-state index in [0.29, 0.717) is 25.0 Å². The largest absolute Gasteiger partial charge is 0.490 e. The molecule has 130 valence electrons. The third-order valence-electron chi connectivity index (χ3n) is 6.00. The summed E-state index contributed by atoms with van der Waals surface area (Å²) in [5.41, 5.74) is 0.928. The van der Waals surface area contributed by atoms with Gasteiger partial charge in [0.1, 0.15) is 19.0 Å². The van der Waals surface area contributed by atoms with Crippen LogP contribution in [0.15, 0.2) is 24.3 Å². The quantitative estimate of drug-likeness (QED) is 0.415. The summed E-state index contributed by atoms with van der Waals surface area (Å²) < 4.78 is 11.5. The van der Waals surface area contributed by atoms with Gasteiger partial charge in [0, 0.05) is 4.32 Å². The van der Waals surface area contributed by atoms with Crippen LogP contribution in [0.25, 0.3) is 0 Å². The first-order chi connectivity index (χ1) is 11.5. The summed E-state index contributed by atoms with van der Waals surface area (Å²) in [7, 11) is 0. The van der Waals surface area contributed by atoms with Crippen LogP contribution >= 0.6 is 15.9 Å². The average Bonchev–Trinajstić information content (AvgIpc) is 2.49. The molecule has 4 saturated carbocycles. The first-order valence-electron chi connectivity index (χ1n) is 9.02. The number of rotatable bonds is 5. The predicted octanol–water partition coefficient (Wildman–Crippen LogP) is 4.65. The van der Waals surface area contributed by atoms with Gasteiger partial charge in [-0.1, -0.05) is 28.1 Å². The van der Waals surface area contributed by atoms with Gasteiger partial charge in [0.15, 0.2) is 0 Å². The maximum atomic E-state index is 12.8. The minimum absolute atomic E-state index is 0.00765. The number of benzene rings is 1. The molecule has 1 aromatic rings. The van der Waals surface area contributed by atoms with Crippen molar-refractivity contribution in [3.63, 3.8) is 0 Å². The summed E-state index contributed by atoms with van der Waals surface area (Å²) in [5, 5.41) is 0. The van der Waals surface area contributed by atoms with Gasteiger partial charge in [0.05, 0.1) is 5.41 Å². The van der Waals surface area contributed by atoms with Crippen LogP contribution in [0, 0.1) is 24.2 Å². The summed E-state index contributed by atoms with van der Waals surface area (Å²) in [6.45, 7) is 2.78. The van der Waals surface area contributed by atoms with Crippen molar-refractivity contribution in [3.05, 3.63) is 29.8 Å². The molecule has 4 fully saturated rings. The van der Waals surface area contributed by atoms with Crippen LogP contribution in [-0.2, 0) is 9.53 Å². The summed E-state index contributed by atoms with van der Waals surface area (Å²) in [6, 6.07) is 7.94. The van der Waals surface area contributed by atoms with E-state index in [0.717, 1.165) is 25.0 Å². The Balaban J connectivity index is 1.32. The lowest BCUT2D eigenvalue weighted by molar-refractivity contribution is -0.170.